The van der Waals surface area contributed by atoms with Gasteiger partial charge in [-0.15, -0.1) is 10.2 Å². The molecule has 0 radical (unpaired) electrons. The van der Waals surface area contributed by atoms with Gasteiger partial charge in [-0.2, -0.15) is 4.80 Å². The highest BCUT2D eigenvalue weighted by atomic mass is 15.6. The number of tetrazole rings is 1. The van der Waals surface area contributed by atoms with Crippen molar-refractivity contribution in [3.63, 3.8) is 0 Å². The van der Waals surface area contributed by atoms with Gasteiger partial charge in [-0.3, -0.25) is 0 Å². The number of aromatic nitrogens is 6. The van der Waals surface area contributed by atoms with Gasteiger partial charge in [0.15, 0.2) is 5.82 Å². The van der Waals surface area contributed by atoms with E-state index in [2.05, 4.69) is 30.3 Å². The van der Waals surface area contributed by atoms with E-state index in [1.807, 2.05) is 13.1 Å². The summed E-state index contributed by atoms with van der Waals surface area (Å²) in [5, 5.41) is 15.6. The molecule has 0 atom stereocenters. The van der Waals surface area contributed by atoms with Gasteiger partial charge in [-0.05, 0) is 25.0 Å². The van der Waals surface area contributed by atoms with Gasteiger partial charge < -0.3 is 9.88 Å². The van der Waals surface area contributed by atoms with E-state index in [1.54, 1.807) is 7.05 Å². The van der Waals surface area contributed by atoms with Crippen LogP contribution in [0.1, 0.15) is 30.2 Å². The molecule has 0 amide bonds. The quantitative estimate of drug-likeness (QED) is 0.806. The zero-order valence-electron chi connectivity index (χ0n) is 10.7. The molecule has 1 fully saturated rings. The molecule has 2 aromatic heterocycles. The molecule has 0 saturated heterocycles. The summed E-state index contributed by atoms with van der Waals surface area (Å²) >= 11 is 0. The molecule has 1 aliphatic carbocycles. The first kappa shape index (κ1) is 11.3. The van der Waals surface area contributed by atoms with Crippen molar-refractivity contribution in [1.29, 1.82) is 0 Å². The lowest BCUT2D eigenvalue weighted by Crippen LogP contribution is -2.19. The first-order chi connectivity index (χ1) is 8.72. The first-order valence-corrected chi connectivity index (χ1v) is 6.19. The predicted molar refractivity (Wildman–Crippen MR) is 64.7 cm³/mol. The average molecular weight is 247 g/mol. The van der Waals surface area contributed by atoms with Crippen LogP contribution >= 0.6 is 0 Å². The summed E-state index contributed by atoms with van der Waals surface area (Å²) in [6.07, 6.45) is 4.50. The summed E-state index contributed by atoms with van der Waals surface area (Å²) < 4.78 is 2.13. The molecule has 1 saturated carbocycles. The molecule has 0 aliphatic heterocycles. The van der Waals surface area contributed by atoms with Crippen LogP contribution in [0.2, 0.25) is 0 Å². The third kappa shape index (κ3) is 2.40. The molecule has 0 bridgehead atoms. The van der Waals surface area contributed by atoms with Crippen LogP contribution in [0.4, 0.5) is 0 Å². The second-order valence-corrected chi connectivity index (χ2v) is 4.73. The van der Waals surface area contributed by atoms with Crippen LogP contribution in [-0.4, -0.2) is 35.8 Å². The van der Waals surface area contributed by atoms with E-state index in [1.165, 1.54) is 23.3 Å². The molecule has 0 spiro atoms. The monoisotopic (exact) mass is 247 g/mol. The largest absolute Gasteiger partial charge is 0.323 e. The van der Waals surface area contributed by atoms with Gasteiger partial charge in [0.05, 0.1) is 19.3 Å². The van der Waals surface area contributed by atoms with Crippen LogP contribution < -0.4 is 5.32 Å². The molecule has 7 nitrogen and oxygen atoms in total. The Kier molecular flexibility index (Phi) is 2.83. The smallest absolute Gasteiger partial charge is 0.194 e. The normalized spacial score (nSPS) is 15.2. The van der Waals surface area contributed by atoms with Crippen LogP contribution in [0.5, 0.6) is 0 Å². The fourth-order valence-corrected chi connectivity index (χ4v) is 1.94. The Hall–Kier alpha value is -1.76. The maximum atomic E-state index is 4.36. The summed E-state index contributed by atoms with van der Waals surface area (Å²) in [5.74, 6) is 1.70. The minimum absolute atomic E-state index is 0.626. The van der Waals surface area contributed by atoms with Gasteiger partial charge in [0.1, 0.15) is 5.82 Å². The number of nitrogens with one attached hydrogen (secondary N) is 1. The SMILES string of the molecule is Cc1ncc(CNC2CC2)n1Cc1nnn(C)n1. The lowest BCUT2D eigenvalue weighted by Gasteiger charge is -2.08. The first-order valence-electron chi connectivity index (χ1n) is 6.19. The van der Waals surface area contributed by atoms with Gasteiger partial charge in [0.2, 0.25) is 0 Å². The molecule has 7 heteroatoms. The van der Waals surface area contributed by atoms with Gasteiger partial charge in [0, 0.05) is 18.8 Å². The highest BCUT2D eigenvalue weighted by Crippen LogP contribution is 2.19. The Morgan fingerprint density at radius 3 is 2.94 bits per heavy atom. The van der Waals surface area contributed by atoms with E-state index in [0.29, 0.717) is 18.4 Å². The maximum Gasteiger partial charge on any atom is 0.194 e. The van der Waals surface area contributed by atoms with Gasteiger partial charge in [0.25, 0.3) is 0 Å². The minimum Gasteiger partial charge on any atom is -0.323 e. The second-order valence-electron chi connectivity index (χ2n) is 4.73. The Morgan fingerprint density at radius 2 is 2.28 bits per heavy atom. The van der Waals surface area contributed by atoms with Crippen LogP contribution in [-0.2, 0) is 20.1 Å². The topological polar surface area (TPSA) is 73.5 Å². The maximum absolute atomic E-state index is 4.36. The molecule has 18 heavy (non-hydrogen) atoms. The lowest BCUT2D eigenvalue weighted by atomic mass is 10.4. The zero-order chi connectivity index (χ0) is 12.5. The Labute approximate surface area is 105 Å². The summed E-state index contributed by atoms with van der Waals surface area (Å²) in [5.41, 5.74) is 1.17. The Morgan fingerprint density at radius 1 is 1.44 bits per heavy atom. The van der Waals surface area contributed by atoms with Crippen LogP contribution in [0.15, 0.2) is 6.20 Å². The predicted octanol–water partition coefficient (Wildman–Crippen LogP) is 0.0153. The average Bonchev–Trinajstić information content (AvgIpc) is 3.00. The minimum atomic E-state index is 0.626. The van der Waals surface area contributed by atoms with Crippen molar-refractivity contribution < 1.29 is 0 Å². The van der Waals surface area contributed by atoms with Crippen molar-refractivity contribution >= 4 is 0 Å². The lowest BCUT2D eigenvalue weighted by molar-refractivity contribution is 0.607. The molecule has 1 N–H and O–H groups in total. The third-order valence-electron chi connectivity index (χ3n) is 3.14. The second kappa shape index (κ2) is 4.49. The van der Waals surface area contributed by atoms with E-state index < -0.39 is 0 Å². The van der Waals surface area contributed by atoms with Crippen molar-refractivity contribution in [3.05, 3.63) is 23.5 Å². The number of hydrogen-bond acceptors (Lipinski definition) is 5. The number of rotatable bonds is 5. The highest BCUT2D eigenvalue weighted by molar-refractivity contribution is 5.07. The van der Waals surface area contributed by atoms with Crippen LogP contribution in [0.25, 0.3) is 0 Å². The fourth-order valence-electron chi connectivity index (χ4n) is 1.94. The van der Waals surface area contributed by atoms with Gasteiger partial charge >= 0.3 is 0 Å². The Bertz CT molecular complexity index is 537. The van der Waals surface area contributed by atoms with E-state index in [9.17, 15) is 0 Å². The molecule has 2 heterocycles. The highest BCUT2D eigenvalue weighted by Gasteiger charge is 2.21. The molecule has 3 rings (SSSR count). The molecular weight excluding hydrogens is 230 g/mol. The number of aryl methyl sites for hydroxylation is 2. The van der Waals surface area contributed by atoms with E-state index in [-0.39, 0.29) is 0 Å². The van der Waals surface area contributed by atoms with Crippen LogP contribution in [0.3, 0.4) is 0 Å². The molecule has 96 valence electrons. The van der Waals surface area contributed by atoms with Crippen molar-refractivity contribution in [3.8, 4) is 0 Å². The standard InChI is InChI=1S/C11H17N7/c1-8-12-5-10(6-13-9-3-4-9)18(8)7-11-14-16-17(2)15-11/h5,9,13H,3-4,6-7H2,1-2H3. The summed E-state index contributed by atoms with van der Waals surface area (Å²) in [6, 6.07) is 0.697. The van der Waals surface area contributed by atoms with Crippen molar-refractivity contribution in [2.75, 3.05) is 0 Å². The third-order valence-corrected chi connectivity index (χ3v) is 3.14. The molecule has 0 unspecified atom stereocenters. The van der Waals surface area contributed by atoms with Gasteiger partial charge in [-0.25, -0.2) is 4.98 Å². The van der Waals surface area contributed by atoms with E-state index >= 15 is 0 Å². The van der Waals surface area contributed by atoms with E-state index in [4.69, 9.17) is 0 Å². The summed E-state index contributed by atoms with van der Waals surface area (Å²) in [7, 11) is 1.77. The number of hydrogen-bond donors (Lipinski definition) is 1. The fraction of sp³-hybridized carbons (Fsp3) is 0.636. The molecule has 0 aromatic carbocycles. The van der Waals surface area contributed by atoms with Crippen molar-refractivity contribution in [2.24, 2.45) is 7.05 Å². The number of nitrogens with zero attached hydrogens (tertiary/aromatic N) is 6. The molecular formula is C11H17N7. The summed E-state index contributed by atoms with van der Waals surface area (Å²) in [6.45, 7) is 3.48. The van der Waals surface area contributed by atoms with Crippen molar-refractivity contribution in [1.82, 2.24) is 35.1 Å². The Balaban J connectivity index is 1.74. The van der Waals surface area contributed by atoms with Crippen LogP contribution in [0, 0.1) is 6.92 Å². The molecule has 2 aromatic rings. The summed E-state index contributed by atoms with van der Waals surface area (Å²) in [4.78, 5) is 5.83. The van der Waals surface area contributed by atoms with E-state index in [0.717, 1.165) is 12.4 Å². The van der Waals surface area contributed by atoms with Gasteiger partial charge in [-0.1, -0.05) is 0 Å². The zero-order valence-corrected chi connectivity index (χ0v) is 10.7. The van der Waals surface area contributed by atoms with Crippen molar-refractivity contribution in [2.45, 2.75) is 38.9 Å². The number of imidazole rings is 1. The molecule has 1 aliphatic rings.